The van der Waals surface area contributed by atoms with E-state index in [-0.39, 0.29) is 12.1 Å². The van der Waals surface area contributed by atoms with Crippen LogP contribution in [0, 0.1) is 0 Å². The molecule has 1 fully saturated rings. The average molecular weight is 413 g/mol. The SMILES string of the molecule is COCc1cc(CN2CCN(C(=O)OC(C)(C)C)[C@H](C)C2)ccc1Br. The van der Waals surface area contributed by atoms with E-state index < -0.39 is 5.60 Å². The van der Waals surface area contributed by atoms with E-state index in [1.54, 1.807) is 7.11 Å². The summed E-state index contributed by atoms with van der Waals surface area (Å²) in [6, 6.07) is 6.52. The quantitative estimate of drug-likeness (QED) is 0.748. The molecule has 1 saturated heterocycles. The fraction of sp³-hybridized carbons (Fsp3) is 0.632. The maximum Gasteiger partial charge on any atom is 0.410 e. The Kier molecular flexibility index (Phi) is 6.88. The molecule has 1 amide bonds. The molecule has 1 atom stereocenters. The number of benzene rings is 1. The number of nitrogens with zero attached hydrogens (tertiary/aromatic N) is 2. The van der Waals surface area contributed by atoms with Crippen molar-refractivity contribution >= 4 is 22.0 Å². The van der Waals surface area contributed by atoms with Gasteiger partial charge in [-0.2, -0.15) is 0 Å². The Balaban J connectivity index is 1.95. The minimum absolute atomic E-state index is 0.137. The van der Waals surface area contributed by atoms with Gasteiger partial charge in [0.15, 0.2) is 0 Å². The Labute approximate surface area is 159 Å². The van der Waals surface area contributed by atoms with Crippen LogP contribution in [0.25, 0.3) is 0 Å². The monoisotopic (exact) mass is 412 g/mol. The van der Waals surface area contributed by atoms with E-state index in [1.807, 2.05) is 25.7 Å². The zero-order valence-electron chi connectivity index (χ0n) is 15.8. The van der Waals surface area contributed by atoms with Gasteiger partial charge in [-0.15, -0.1) is 0 Å². The summed E-state index contributed by atoms with van der Waals surface area (Å²) in [6.07, 6.45) is -0.217. The third-order valence-electron chi connectivity index (χ3n) is 4.16. The molecular formula is C19H29BrN2O3. The zero-order valence-corrected chi connectivity index (χ0v) is 17.4. The minimum Gasteiger partial charge on any atom is -0.444 e. The number of amides is 1. The van der Waals surface area contributed by atoms with Gasteiger partial charge in [0.1, 0.15) is 5.60 Å². The van der Waals surface area contributed by atoms with Crippen molar-refractivity contribution in [2.24, 2.45) is 0 Å². The largest absolute Gasteiger partial charge is 0.444 e. The highest BCUT2D eigenvalue weighted by Crippen LogP contribution is 2.22. The van der Waals surface area contributed by atoms with E-state index in [0.717, 1.165) is 29.7 Å². The van der Waals surface area contributed by atoms with E-state index in [9.17, 15) is 4.79 Å². The van der Waals surface area contributed by atoms with Crippen molar-refractivity contribution in [3.63, 3.8) is 0 Å². The number of rotatable bonds is 4. The second kappa shape index (κ2) is 8.52. The highest BCUT2D eigenvalue weighted by Gasteiger charge is 2.30. The number of methoxy groups -OCH3 is 1. The number of piperazine rings is 1. The molecule has 1 aliphatic rings. The number of hydrogen-bond acceptors (Lipinski definition) is 4. The summed E-state index contributed by atoms with van der Waals surface area (Å²) in [5, 5.41) is 0. The molecule has 0 spiro atoms. The summed E-state index contributed by atoms with van der Waals surface area (Å²) in [6.45, 7) is 11.6. The molecule has 0 N–H and O–H groups in total. The standard InChI is InChI=1S/C19H29BrN2O3/c1-14-11-21(8-9-22(14)18(23)25-19(2,3)4)12-15-6-7-17(20)16(10-15)13-24-5/h6-7,10,14H,8-9,11-13H2,1-5H3/t14-/m1/s1. The second-order valence-electron chi connectivity index (χ2n) is 7.62. The van der Waals surface area contributed by atoms with Gasteiger partial charge in [-0.1, -0.05) is 28.1 Å². The number of hydrogen-bond donors (Lipinski definition) is 0. The molecule has 5 nitrogen and oxygen atoms in total. The van der Waals surface area contributed by atoms with Crippen LogP contribution in [0.15, 0.2) is 22.7 Å². The highest BCUT2D eigenvalue weighted by atomic mass is 79.9. The third kappa shape index (κ3) is 5.97. The van der Waals surface area contributed by atoms with Crippen molar-refractivity contribution in [3.8, 4) is 0 Å². The molecule has 6 heteroatoms. The normalized spacial score (nSPS) is 19.1. The summed E-state index contributed by atoms with van der Waals surface area (Å²) in [5.41, 5.74) is 1.96. The van der Waals surface area contributed by atoms with Gasteiger partial charge in [0.2, 0.25) is 0 Å². The van der Waals surface area contributed by atoms with Crippen LogP contribution in [0.4, 0.5) is 4.79 Å². The first kappa shape index (κ1) is 20.2. The van der Waals surface area contributed by atoms with Crippen LogP contribution >= 0.6 is 15.9 Å². The summed E-state index contributed by atoms with van der Waals surface area (Å²) in [7, 11) is 1.71. The molecule has 1 aromatic rings. The summed E-state index contributed by atoms with van der Waals surface area (Å²) >= 11 is 3.56. The van der Waals surface area contributed by atoms with Crippen LogP contribution in [0.5, 0.6) is 0 Å². The first-order valence-corrected chi connectivity index (χ1v) is 9.47. The third-order valence-corrected chi connectivity index (χ3v) is 4.93. The van der Waals surface area contributed by atoms with E-state index in [4.69, 9.17) is 9.47 Å². The molecule has 0 aliphatic carbocycles. The Morgan fingerprint density at radius 1 is 1.32 bits per heavy atom. The fourth-order valence-corrected chi connectivity index (χ4v) is 3.38. The number of carbonyl (C=O) groups is 1. The van der Waals surface area contributed by atoms with Crippen LogP contribution in [0.3, 0.4) is 0 Å². The van der Waals surface area contributed by atoms with E-state index >= 15 is 0 Å². The van der Waals surface area contributed by atoms with Crippen molar-refractivity contribution in [1.82, 2.24) is 9.80 Å². The second-order valence-corrected chi connectivity index (χ2v) is 8.47. The van der Waals surface area contributed by atoms with Crippen molar-refractivity contribution in [2.45, 2.75) is 52.5 Å². The summed E-state index contributed by atoms with van der Waals surface area (Å²) in [5.74, 6) is 0. The van der Waals surface area contributed by atoms with Gasteiger partial charge >= 0.3 is 6.09 Å². The predicted octanol–water partition coefficient (Wildman–Crippen LogP) is 4.04. The molecule has 2 rings (SSSR count). The van der Waals surface area contributed by atoms with E-state index in [0.29, 0.717) is 13.2 Å². The number of ether oxygens (including phenoxy) is 2. The number of carbonyl (C=O) groups excluding carboxylic acids is 1. The van der Waals surface area contributed by atoms with Crippen LogP contribution < -0.4 is 0 Å². The Morgan fingerprint density at radius 2 is 2.04 bits per heavy atom. The molecular weight excluding hydrogens is 384 g/mol. The summed E-state index contributed by atoms with van der Waals surface area (Å²) in [4.78, 5) is 16.5. The smallest absolute Gasteiger partial charge is 0.410 e. The highest BCUT2D eigenvalue weighted by molar-refractivity contribution is 9.10. The maximum absolute atomic E-state index is 12.3. The first-order valence-electron chi connectivity index (χ1n) is 8.68. The molecule has 0 aromatic heterocycles. The predicted molar refractivity (Wildman–Crippen MR) is 103 cm³/mol. The lowest BCUT2D eigenvalue weighted by Crippen LogP contribution is -2.54. The molecule has 0 saturated carbocycles. The Bertz CT molecular complexity index is 601. The maximum atomic E-state index is 12.3. The van der Waals surface area contributed by atoms with Crippen molar-refractivity contribution in [3.05, 3.63) is 33.8 Å². The lowest BCUT2D eigenvalue weighted by atomic mass is 10.1. The van der Waals surface area contributed by atoms with Gasteiger partial charge in [0.25, 0.3) is 0 Å². The van der Waals surface area contributed by atoms with Gasteiger partial charge in [-0.25, -0.2) is 4.79 Å². The molecule has 0 bridgehead atoms. The van der Waals surface area contributed by atoms with Gasteiger partial charge in [-0.3, -0.25) is 4.90 Å². The number of halogens is 1. The van der Waals surface area contributed by atoms with Crippen LogP contribution in [-0.2, 0) is 22.6 Å². The Hall–Kier alpha value is -1.11. The van der Waals surface area contributed by atoms with Crippen molar-refractivity contribution in [2.75, 3.05) is 26.7 Å². The van der Waals surface area contributed by atoms with Crippen LogP contribution in [0.1, 0.15) is 38.8 Å². The van der Waals surface area contributed by atoms with Gasteiger partial charge in [0, 0.05) is 43.8 Å². The molecule has 1 aliphatic heterocycles. The molecule has 0 unspecified atom stereocenters. The van der Waals surface area contributed by atoms with Gasteiger partial charge in [0.05, 0.1) is 6.61 Å². The summed E-state index contributed by atoms with van der Waals surface area (Å²) < 4.78 is 11.8. The molecule has 0 radical (unpaired) electrons. The van der Waals surface area contributed by atoms with Crippen LogP contribution in [-0.4, -0.2) is 54.3 Å². The zero-order chi connectivity index (χ0) is 18.6. The topological polar surface area (TPSA) is 42.0 Å². The van der Waals surface area contributed by atoms with E-state index in [2.05, 4.69) is 46.0 Å². The van der Waals surface area contributed by atoms with Crippen LogP contribution in [0.2, 0.25) is 0 Å². The fourth-order valence-electron chi connectivity index (χ4n) is 3.02. The van der Waals surface area contributed by atoms with Gasteiger partial charge < -0.3 is 14.4 Å². The Morgan fingerprint density at radius 3 is 2.64 bits per heavy atom. The first-order chi connectivity index (χ1) is 11.7. The lowest BCUT2D eigenvalue weighted by Gasteiger charge is -2.40. The minimum atomic E-state index is -0.455. The van der Waals surface area contributed by atoms with Gasteiger partial charge in [-0.05, 0) is 44.9 Å². The molecule has 25 heavy (non-hydrogen) atoms. The lowest BCUT2D eigenvalue weighted by molar-refractivity contribution is 0.000556. The van der Waals surface area contributed by atoms with Crippen molar-refractivity contribution < 1.29 is 14.3 Å². The molecule has 1 aromatic carbocycles. The molecule has 1 heterocycles. The average Bonchev–Trinajstić information content (AvgIpc) is 2.49. The van der Waals surface area contributed by atoms with Crippen molar-refractivity contribution in [1.29, 1.82) is 0 Å². The molecule has 140 valence electrons. The van der Waals surface area contributed by atoms with E-state index in [1.165, 1.54) is 5.56 Å².